The molecule has 0 unspecified atom stereocenters. The number of hydrogen-bond donors (Lipinski definition) is 1. The van der Waals surface area contributed by atoms with E-state index in [1.807, 2.05) is 18.2 Å². The van der Waals surface area contributed by atoms with Gasteiger partial charge in [0, 0.05) is 18.7 Å². The molecule has 0 radical (unpaired) electrons. The number of nitrogens with zero attached hydrogens (tertiary/aromatic N) is 1. The lowest BCUT2D eigenvalue weighted by Crippen LogP contribution is -2.46. The van der Waals surface area contributed by atoms with E-state index in [0.717, 1.165) is 36.7 Å². The monoisotopic (exact) mass is 464 g/mol. The van der Waals surface area contributed by atoms with Gasteiger partial charge in [0.1, 0.15) is 19.0 Å². The zero-order valence-electron chi connectivity index (χ0n) is 17.2. The number of halogens is 2. The third-order valence-electron chi connectivity index (χ3n) is 5.39. The molecule has 2 aliphatic heterocycles. The molecule has 0 bridgehead atoms. The van der Waals surface area contributed by atoms with Crippen LogP contribution in [-0.2, 0) is 11.2 Å². The van der Waals surface area contributed by atoms with Gasteiger partial charge in [0.05, 0.1) is 10.0 Å². The number of rotatable bonds is 8. The highest BCUT2D eigenvalue weighted by Crippen LogP contribution is 2.31. The third kappa shape index (κ3) is 6.19. The van der Waals surface area contributed by atoms with Gasteiger partial charge >= 0.3 is 0 Å². The lowest BCUT2D eigenvalue weighted by molar-refractivity contribution is -0.123. The quantitative estimate of drug-likeness (QED) is 0.640. The number of fused-ring (bicyclic) bond motifs is 1. The highest BCUT2D eigenvalue weighted by atomic mass is 35.5. The Hall–Kier alpha value is -2.15. The van der Waals surface area contributed by atoms with Crippen LogP contribution in [0.4, 0.5) is 0 Å². The maximum atomic E-state index is 12.6. The standard InChI is InChI=1S/C23H26Cl2N2O4/c24-19-5-4-18(13-20(19)25)31-15-23(28)26-17(14-27-7-1-2-8-27)11-16-3-6-21-22(12-16)30-10-9-29-21/h3-6,12-13,17H,1-2,7-11,14-15H2,(H,26,28)/t17-/m0/s1. The molecule has 4 rings (SSSR count). The van der Waals surface area contributed by atoms with Crippen LogP contribution in [0.2, 0.25) is 10.0 Å². The summed E-state index contributed by atoms with van der Waals surface area (Å²) < 4.78 is 16.9. The largest absolute Gasteiger partial charge is 0.486 e. The third-order valence-corrected chi connectivity index (χ3v) is 6.13. The van der Waals surface area contributed by atoms with E-state index >= 15 is 0 Å². The average Bonchev–Trinajstić information content (AvgIpc) is 3.27. The Morgan fingerprint density at radius 2 is 1.81 bits per heavy atom. The molecule has 1 amide bonds. The van der Waals surface area contributed by atoms with Crippen molar-refractivity contribution in [1.29, 1.82) is 0 Å². The van der Waals surface area contributed by atoms with Gasteiger partial charge in [-0.15, -0.1) is 0 Å². The van der Waals surface area contributed by atoms with Crippen LogP contribution in [0.3, 0.4) is 0 Å². The zero-order valence-corrected chi connectivity index (χ0v) is 18.8. The molecular formula is C23H26Cl2N2O4. The second-order valence-corrected chi connectivity index (χ2v) is 8.63. The van der Waals surface area contributed by atoms with Crippen LogP contribution in [-0.4, -0.2) is 56.3 Å². The van der Waals surface area contributed by atoms with Crippen molar-refractivity contribution in [1.82, 2.24) is 10.2 Å². The number of amides is 1. The fourth-order valence-corrected chi connectivity index (χ4v) is 4.21. The first-order chi connectivity index (χ1) is 15.1. The van der Waals surface area contributed by atoms with Crippen LogP contribution in [0.1, 0.15) is 18.4 Å². The molecule has 1 fully saturated rings. The first kappa shape index (κ1) is 22.1. The fourth-order valence-electron chi connectivity index (χ4n) is 3.92. The van der Waals surface area contributed by atoms with Gasteiger partial charge in [-0.1, -0.05) is 29.3 Å². The summed E-state index contributed by atoms with van der Waals surface area (Å²) in [5.41, 5.74) is 1.10. The summed E-state index contributed by atoms with van der Waals surface area (Å²) in [7, 11) is 0. The van der Waals surface area contributed by atoms with Crippen molar-refractivity contribution in [2.24, 2.45) is 0 Å². The molecule has 0 spiro atoms. The summed E-state index contributed by atoms with van der Waals surface area (Å²) >= 11 is 11.9. The number of hydrogen-bond acceptors (Lipinski definition) is 5. The first-order valence-electron chi connectivity index (χ1n) is 10.5. The number of likely N-dealkylation sites (tertiary alicyclic amines) is 1. The number of nitrogens with one attached hydrogen (secondary N) is 1. The smallest absolute Gasteiger partial charge is 0.258 e. The minimum atomic E-state index is -0.173. The SMILES string of the molecule is O=C(COc1ccc(Cl)c(Cl)c1)N[C@@H](Cc1ccc2c(c1)OCCO2)CN1CCCC1. The van der Waals surface area contributed by atoms with Crippen molar-refractivity contribution in [3.8, 4) is 17.2 Å². The topological polar surface area (TPSA) is 60.0 Å². The van der Waals surface area contributed by atoms with E-state index in [2.05, 4.69) is 10.2 Å². The summed E-state index contributed by atoms with van der Waals surface area (Å²) in [5.74, 6) is 1.86. The van der Waals surface area contributed by atoms with Gasteiger partial charge < -0.3 is 24.4 Å². The minimum absolute atomic E-state index is 0.0365. The molecule has 8 heteroatoms. The van der Waals surface area contributed by atoms with Crippen molar-refractivity contribution < 1.29 is 19.0 Å². The summed E-state index contributed by atoms with van der Waals surface area (Å²) in [6.45, 7) is 3.96. The van der Waals surface area contributed by atoms with Gasteiger partial charge in [-0.05, 0) is 62.2 Å². The summed E-state index contributed by atoms with van der Waals surface area (Å²) in [4.78, 5) is 15.0. The molecule has 6 nitrogen and oxygen atoms in total. The highest BCUT2D eigenvalue weighted by molar-refractivity contribution is 6.42. The van der Waals surface area contributed by atoms with Crippen LogP contribution in [0.15, 0.2) is 36.4 Å². The Morgan fingerprint density at radius 1 is 1.03 bits per heavy atom. The Bertz CT molecular complexity index is 918. The van der Waals surface area contributed by atoms with E-state index in [1.54, 1.807) is 18.2 Å². The summed E-state index contributed by atoms with van der Waals surface area (Å²) in [6.07, 6.45) is 3.10. The molecule has 166 valence electrons. The van der Waals surface area contributed by atoms with Crippen LogP contribution in [0.25, 0.3) is 0 Å². The predicted octanol–water partition coefficient (Wildman–Crippen LogP) is 3.97. The van der Waals surface area contributed by atoms with E-state index in [0.29, 0.717) is 35.4 Å². The summed E-state index contributed by atoms with van der Waals surface area (Å²) in [5, 5.41) is 3.97. The molecule has 1 N–H and O–H groups in total. The zero-order chi connectivity index (χ0) is 21.6. The van der Waals surface area contributed by atoms with E-state index in [4.69, 9.17) is 37.4 Å². The van der Waals surface area contributed by atoms with Gasteiger partial charge in [-0.3, -0.25) is 4.79 Å². The number of carbonyl (C=O) groups is 1. The van der Waals surface area contributed by atoms with Crippen LogP contribution >= 0.6 is 23.2 Å². The van der Waals surface area contributed by atoms with Crippen molar-refractivity contribution in [2.75, 3.05) is 39.5 Å². The lowest BCUT2D eigenvalue weighted by atomic mass is 10.0. The van der Waals surface area contributed by atoms with Crippen LogP contribution < -0.4 is 19.5 Å². The Kier molecular flexibility index (Phi) is 7.43. The Morgan fingerprint density at radius 3 is 2.58 bits per heavy atom. The number of carbonyl (C=O) groups excluding carboxylic acids is 1. The van der Waals surface area contributed by atoms with Crippen molar-refractivity contribution >= 4 is 29.1 Å². The molecule has 2 aromatic carbocycles. The van der Waals surface area contributed by atoms with Crippen molar-refractivity contribution in [3.05, 3.63) is 52.0 Å². The molecule has 2 heterocycles. The van der Waals surface area contributed by atoms with E-state index in [1.165, 1.54) is 12.8 Å². The van der Waals surface area contributed by atoms with Gasteiger partial charge in [-0.25, -0.2) is 0 Å². The molecule has 2 aliphatic rings. The van der Waals surface area contributed by atoms with E-state index in [9.17, 15) is 4.79 Å². The van der Waals surface area contributed by atoms with Gasteiger partial charge in [0.2, 0.25) is 0 Å². The normalized spacial score (nSPS) is 16.7. The van der Waals surface area contributed by atoms with Crippen molar-refractivity contribution in [3.63, 3.8) is 0 Å². The van der Waals surface area contributed by atoms with Crippen molar-refractivity contribution in [2.45, 2.75) is 25.3 Å². The van der Waals surface area contributed by atoms with Gasteiger partial charge in [0.15, 0.2) is 18.1 Å². The molecule has 31 heavy (non-hydrogen) atoms. The molecule has 2 aromatic rings. The number of benzene rings is 2. The molecule has 1 atom stereocenters. The minimum Gasteiger partial charge on any atom is -0.486 e. The van der Waals surface area contributed by atoms with Gasteiger partial charge in [-0.2, -0.15) is 0 Å². The Balaban J connectivity index is 1.38. The summed E-state index contributed by atoms with van der Waals surface area (Å²) in [6, 6.07) is 10.9. The molecule has 0 aliphatic carbocycles. The molecule has 0 saturated carbocycles. The maximum Gasteiger partial charge on any atom is 0.258 e. The van der Waals surface area contributed by atoms with Gasteiger partial charge in [0.25, 0.3) is 5.91 Å². The second kappa shape index (κ2) is 10.4. The van der Waals surface area contributed by atoms with Crippen LogP contribution in [0.5, 0.6) is 17.2 Å². The average molecular weight is 465 g/mol. The first-order valence-corrected chi connectivity index (χ1v) is 11.3. The Labute approximate surface area is 192 Å². The fraction of sp³-hybridized carbons (Fsp3) is 0.435. The highest BCUT2D eigenvalue weighted by Gasteiger charge is 2.21. The van der Waals surface area contributed by atoms with E-state index in [-0.39, 0.29) is 18.6 Å². The molecular weight excluding hydrogens is 439 g/mol. The maximum absolute atomic E-state index is 12.6. The van der Waals surface area contributed by atoms with Crippen LogP contribution in [0, 0.1) is 0 Å². The molecule has 1 saturated heterocycles. The predicted molar refractivity (Wildman–Crippen MR) is 121 cm³/mol. The number of ether oxygens (including phenoxy) is 3. The lowest BCUT2D eigenvalue weighted by Gasteiger charge is -2.25. The molecule has 0 aromatic heterocycles. The van der Waals surface area contributed by atoms with E-state index < -0.39 is 0 Å². The second-order valence-electron chi connectivity index (χ2n) is 7.82.